The smallest absolute Gasteiger partial charge is 0.268 e. The number of aromatic nitrogens is 1. The summed E-state index contributed by atoms with van der Waals surface area (Å²) in [7, 11) is 1.57. The second-order valence-corrected chi connectivity index (χ2v) is 11.3. The van der Waals surface area contributed by atoms with Gasteiger partial charge in [0, 0.05) is 29.1 Å². The maximum Gasteiger partial charge on any atom is 0.268 e. The van der Waals surface area contributed by atoms with Crippen LogP contribution in [0.25, 0.3) is 10.9 Å². The Bertz CT molecular complexity index is 1450. The molecule has 5 N–H and O–H groups in total. The van der Waals surface area contributed by atoms with Crippen molar-refractivity contribution in [1.82, 2.24) is 20.9 Å². The van der Waals surface area contributed by atoms with Gasteiger partial charge in [-0.15, -0.1) is 0 Å². The van der Waals surface area contributed by atoms with E-state index in [2.05, 4.69) is 20.9 Å². The molecule has 11 nitrogen and oxygen atoms in total. The molecule has 2 fully saturated rings. The third-order valence-corrected chi connectivity index (χ3v) is 7.82. The molecule has 0 spiro atoms. The van der Waals surface area contributed by atoms with Crippen LogP contribution < -0.4 is 25.6 Å². The molecule has 42 heavy (non-hydrogen) atoms. The zero-order chi connectivity index (χ0) is 29.8. The number of ether oxygens (including phenoxy) is 2. The van der Waals surface area contributed by atoms with E-state index in [9.17, 15) is 14.4 Å². The van der Waals surface area contributed by atoms with Crippen LogP contribution in [-0.4, -0.2) is 67.1 Å². The molecule has 0 saturated carbocycles. The van der Waals surface area contributed by atoms with E-state index in [1.807, 2.05) is 62.4 Å². The molecule has 1 aromatic heterocycles. The summed E-state index contributed by atoms with van der Waals surface area (Å²) < 4.78 is 11.5. The Labute approximate surface area is 244 Å². The zero-order valence-corrected chi connectivity index (χ0v) is 24.1. The van der Waals surface area contributed by atoms with Crippen LogP contribution in [0.4, 0.5) is 5.69 Å². The second-order valence-electron chi connectivity index (χ2n) is 11.3. The molecule has 0 radical (unpaired) electrons. The van der Waals surface area contributed by atoms with Gasteiger partial charge < -0.3 is 35.3 Å². The first-order valence-electron chi connectivity index (χ1n) is 14.3. The van der Waals surface area contributed by atoms with Crippen LogP contribution in [0.15, 0.2) is 54.6 Å². The van der Waals surface area contributed by atoms with Crippen molar-refractivity contribution in [3.8, 4) is 5.75 Å². The molecule has 2 aliphatic heterocycles. The molecule has 5 rings (SSSR count). The minimum absolute atomic E-state index is 0.0695. The average molecular weight is 575 g/mol. The molecule has 222 valence electrons. The zero-order valence-electron chi connectivity index (χ0n) is 24.1. The van der Waals surface area contributed by atoms with Gasteiger partial charge in [0.2, 0.25) is 11.8 Å². The third-order valence-electron chi connectivity index (χ3n) is 7.82. The summed E-state index contributed by atoms with van der Waals surface area (Å²) in [6, 6.07) is 15.2. The normalized spacial score (nSPS) is 20.0. The Balaban J connectivity index is 1.35. The number of nitrogens with zero attached hydrogens (tertiary/aromatic N) is 1. The van der Waals surface area contributed by atoms with Gasteiger partial charge in [0.05, 0.1) is 13.2 Å². The van der Waals surface area contributed by atoms with Gasteiger partial charge in [0.25, 0.3) is 5.91 Å². The van der Waals surface area contributed by atoms with Crippen molar-refractivity contribution < 1.29 is 23.9 Å². The number of carbonyl (C=O) groups is 3. The number of anilines is 1. The Kier molecular flexibility index (Phi) is 8.77. The molecular weight excluding hydrogens is 536 g/mol. The third kappa shape index (κ3) is 6.25. The highest BCUT2D eigenvalue weighted by Gasteiger charge is 2.41. The first kappa shape index (κ1) is 29.1. The number of methoxy groups -OCH3 is 1. The predicted molar refractivity (Wildman–Crippen MR) is 160 cm³/mol. The van der Waals surface area contributed by atoms with Gasteiger partial charge in [-0.05, 0) is 55.5 Å². The van der Waals surface area contributed by atoms with E-state index in [4.69, 9.17) is 14.9 Å². The number of hydrogen-bond acceptors (Lipinski definition) is 6. The van der Waals surface area contributed by atoms with Crippen molar-refractivity contribution >= 4 is 40.1 Å². The fourth-order valence-electron chi connectivity index (χ4n) is 5.67. The number of fused-ring (bicyclic) bond motifs is 1. The van der Waals surface area contributed by atoms with Crippen LogP contribution in [0.1, 0.15) is 43.6 Å². The second kappa shape index (κ2) is 12.6. The van der Waals surface area contributed by atoms with E-state index in [0.717, 1.165) is 16.6 Å². The molecule has 0 bridgehead atoms. The molecule has 4 atom stereocenters. The van der Waals surface area contributed by atoms with Crippen molar-refractivity contribution in [1.29, 1.82) is 5.41 Å². The Morgan fingerprint density at radius 2 is 1.93 bits per heavy atom. The lowest BCUT2D eigenvalue weighted by Crippen LogP contribution is -2.55. The minimum Gasteiger partial charge on any atom is -0.496 e. The molecule has 2 saturated heterocycles. The number of hydrogen-bond donors (Lipinski definition) is 5. The lowest BCUT2D eigenvalue weighted by Gasteiger charge is -2.29. The van der Waals surface area contributed by atoms with Gasteiger partial charge >= 0.3 is 0 Å². The monoisotopic (exact) mass is 574 g/mol. The number of nitrogens with one attached hydrogen (secondary N) is 5. The van der Waals surface area contributed by atoms with Gasteiger partial charge in [-0.3, -0.25) is 19.8 Å². The molecular formula is C31H38N6O5. The topological polar surface area (TPSA) is 149 Å². The van der Waals surface area contributed by atoms with Crippen LogP contribution in [0, 0.1) is 17.2 Å². The van der Waals surface area contributed by atoms with Crippen molar-refractivity contribution in [3.63, 3.8) is 0 Å². The molecule has 11 heteroatoms. The molecule has 4 unspecified atom stereocenters. The number of amidine groups is 1. The first-order chi connectivity index (χ1) is 20.2. The summed E-state index contributed by atoms with van der Waals surface area (Å²) in [5.41, 5.74) is 1.88. The number of aromatic amines is 1. The molecule has 3 aromatic rings. The molecule has 2 aromatic carbocycles. The number of rotatable bonds is 11. The highest BCUT2D eigenvalue weighted by molar-refractivity contribution is 6.02. The maximum absolute atomic E-state index is 13.8. The average Bonchev–Trinajstić information content (AvgIpc) is 3.70. The summed E-state index contributed by atoms with van der Waals surface area (Å²) >= 11 is 0. The Hall–Kier alpha value is -4.38. The summed E-state index contributed by atoms with van der Waals surface area (Å²) in [5, 5.41) is 18.5. The largest absolute Gasteiger partial charge is 0.496 e. The number of amides is 3. The lowest BCUT2D eigenvalue weighted by molar-refractivity contribution is -0.126. The van der Waals surface area contributed by atoms with E-state index in [-0.39, 0.29) is 36.2 Å². The van der Waals surface area contributed by atoms with E-state index in [1.165, 1.54) is 0 Å². The van der Waals surface area contributed by atoms with E-state index in [0.29, 0.717) is 37.3 Å². The van der Waals surface area contributed by atoms with Gasteiger partial charge in [0.15, 0.2) is 0 Å². The minimum atomic E-state index is -0.841. The highest BCUT2D eigenvalue weighted by atomic mass is 16.5. The van der Waals surface area contributed by atoms with Gasteiger partial charge in [-0.2, -0.15) is 0 Å². The quantitative estimate of drug-likeness (QED) is 0.238. The van der Waals surface area contributed by atoms with Crippen molar-refractivity contribution in [2.24, 2.45) is 11.8 Å². The predicted octanol–water partition coefficient (Wildman–Crippen LogP) is 3.17. The molecule has 2 aliphatic rings. The van der Waals surface area contributed by atoms with Crippen LogP contribution >= 0.6 is 0 Å². The number of carbonyl (C=O) groups excluding carboxylic acids is 3. The lowest BCUT2D eigenvalue weighted by atomic mass is 9.93. The van der Waals surface area contributed by atoms with Crippen molar-refractivity contribution in [2.45, 2.75) is 51.3 Å². The van der Waals surface area contributed by atoms with Gasteiger partial charge in [0.1, 0.15) is 36.2 Å². The Morgan fingerprint density at radius 3 is 2.62 bits per heavy atom. The van der Waals surface area contributed by atoms with Crippen LogP contribution in [0.3, 0.4) is 0 Å². The summed E-state index contributed by atoms with van der Waals surface area (Å²) in [6.07, 6.45) is 0.608. The number of para-hydroxylation sites is 1. The number of H-pyrrole nitrogens is 1. The van der Waals surface area contributed by atoms with Crippen molar-refractivity contribution in [2.75, 3.05) is 25.3 Å². The van der Waals surface area contributed by atoms with Crippen LogP contribution in [0.5, 0.6) is 5.75 Å². The highest BCUT2D eigenvalue weighted by Crippen LogP contribution is 2.28. The van der Waals surface area contributed by atoms with Gasteiger partial charge in [-0.1, -0.05) is 38.1 Å². The van der Waals surface area contributed by atoms with E-state index < -0.39 is 24.1 Å². The maximum atomic E-state index is 13.8. The molecule has 3 amide bonds. The standard InChI is InChI=1S/C31H38N6O5/c1-18(2)14-24(36-31(40)25-16-21-22(34-25)10-7-11-26(21)41-3)30(39)35-23(15-19-12-13-33-29(19)38)27-28(32)37(17-42-27)20-8-5-4-6-9-20/h4-11,16,18-19,23-24,27,32,34H,12-15,17H2,1-3H3,(H,33,38)(H,35,39)(H,36,40). The summed E-state index contributed by atoms with van der Waals surface area (Å²) in [5.74, 6) is -0.220. The van der Waals surface area contributed by atoms with Crippen molar-refractivity contribution in [3.05, 3.63) is 60.3 Å². The fraction of sp³-hybridized carbons (Fsp3) is 0.419. The van der Waals surface area contributed by atoms with E-state index >= 15 is 0 Å². The van der Waals surface area contributed by atoms with E-state index in [1.54, 1.807) is 18.1 Å². The summed E-state index contributed by atoms with van der Waals surface area (Å²) in [6.45, 7) is 4.69. The molecule has 3 heterocycles. The van der Waals surface area contributed by atoms with Crippen LogP contribution in [-0.2, 0) is 14.3 Å². The van der Waals surface area contributed by atoms with Crippen LogP contribution in [0.2, 0.25) is 0 Å². The number of benzene rings is 2. The first-order valence-corrected chi connectivity index (χ1v) is 14.3. The molecule has 0 aliphatic carbocycles. The summed E-state index contributed by atoms with van der Waals surface area (Å²) in [4.78, 5) is 44.5. The van der Waals surface area contributed by atoms with Gasteiger partial charge in [-0.25, -0.2) is 0 Å². The Morgan fingerprint density at radius 1 is 1.14 bits per heavy atom. The fourth-order valence-corrected chi connectivity index (χ4v) is 5.67. The SMILES string of the molecule is COc1cccc2[nH]c(C(=O)NC(CC(C)C)C(=O)NC(CC3CCNC3=O)C3OCN(c4ccccc4)C3=N)cc12.